The maximum absolute atomic E-state index is 14.5. The van der Waals surface area contributed by atoms with Crippen LogP contribution in [0.15, 0.2) is 41.5 Å². The summed E-state index contributed by atoms with van der Waals surface area (Å²) in [4.78, 5) is 20.3. The number of nitrogens with two attached hydrogens (primary N) is 1. The number of aliphatic imine (C=N–C) groups is 1. The summed E-state index contributed by atoms with van der Waals surface area (Å²) in [6, 6.07) is 8.20. The van der Waals surface area contributed by atoms with Crippen molar-refractivity contribution < 1.29 is 22.7 Å². The van der Waals surface area contributed by atoms with Crippen LogP contribution in [-0.2, 0) is 16.7 Å². The van der Waals surface area contributed by atoms with Crippen LogP contribution in [0.1, 0.15) is 33.6 Å². The number of rotatable bonds is 6. The number of hydrogen-bond donors (Lipinski definition) is 1. The molecule has 0 saturated carbocycles. The molecule has 0 spiro atoms. The van der Waals surface area contributed by atoms with Crippen LogP contribution in [0.3, 0.4) is 0 Å². The minimum atomic E-state index is -1.73. The maximum atomic E-state index is 14.5. The number of benzene rings is 1. The third kappa shape index (κ3) is 4.21. The van der Waals surface area contributed by atoms with Crippen LogP contribution in [0.2, 0.25) is 0 Å². The smallest absolute Gasteiger partial charge is 0.283 e. The number of Topliss-reactive ketones (excluding diaryl/α,β-unsaturated/α-hetero) is 1. The first-order valence-corrected chi connectivity index (χ1v) is 8.73. The number of nitrogens with zero attached hydrogens (tertiary/aromatic N) is 3. The predicted octanol–water partition coefficient (Wildman–Crippen LogP) is 2.76. The number of ketones is 1. The molecule has 2 atom stereocenters. The summed E-state index contributed by atoms with van der Waals surface area (Å²) in [5.41, 5.74) is 4.55. The molecule has 0 saturated heterocycles. The highest BCUT2D eigenvalue weighted by Crippen LogP contribution is 2.37. The number of aromatic nitrogens is 1. The summed E-state index contributed by atoms with van der Waals surface area (Å²) >= 11 is 0. The Hall–Kier alpha value is -3.41. The first-order valence-electron chi connectivity index (χ1n) is 8.73. The maximum Gasteiger partial charge on any atom is 0.283 e. The van der Waals surface area contributed by atoms with Gasteiger partial charge in [0, 0.05) is 24.6 Å². The average Bonchev–Trinajstić information content (AvgIpc) is 2.74. The first kappa shape index (κ1) is 20.3. The molecular formula is C20H17F3N4O2. The zero-order valence-electron chi connectivity index (χ0n) is 15.2. The lowest BCUT2D eigenvalue weighted by Crippen LogP contribution is -2.43. The Morgan fingerprint density at radius 2 is 2.14 bits per heavy atom. The van der Waals surface area contributed by atoms with Crippen molar-refractivity contribution in [2.75, 3.05) is 13.3 Å². The Labute approximate surface area is 164 Å². The number of amidine groups is 1. The van der Waals surface area contributed by atoms with E-state index in [-0.39, 0.29) is 29.9 Å². The molecule has 0 fully saturated rings. The Kier molecular flexibility index (Phi) is 5.82. The molecule has 1 aromatic heterocycles. The molecule has 0 amide bonds. The normalized spacial score (nSPS) is 21.0. The second-order valence-corrected chi connectivity index (χ2v) is 6.67. The molecule has 1 aliphatic rings. The van der Waals surface area contributed by atoms with E-state index >= 15 is 0 Å². The van der Waals surface area contributed by atoms with Gasteiger partial charge in [-0.3, -0.25) is 9.78 Å². The lowest BCUT2D eigenvalue weighted by atomic mass is 9.84. The predicted molar refractivity (Wildman–Crippen MR) is 98.1 cm³/mol. The number of carbonyl (C=O) groups excluding carboxylic acids is 1. The second kappa shape index (κ2) is 8.31. The van der Waals surface area contributed by atoms with Crippen LogP contribution >= 0.6 is 0 Å². The molecule has 9 heteroatoms. The molecule has 2 N–H and O–H groups in total. The molecule has 3 rings (SSSR count). The molecule has 150 valence electrons. The number of hydrogen-bond acceptors (Lipinski definition) is 6. The molecule has 1 aliphatic heterocycles. The van der Waals surface area contributed by atoms with Crippen LogP contribution in [0, 0.1) is 17.1 Å². The van der Waals surface area contributed by atoms with Gasteiger partial charge in [-0.05, 0) is 29.8 Å². The third-order valence-corrected chi connectivity index (χ3v) is 4.65. The molecular weight excluding hydrogens is 385 g/mol. The van der Waals surface area contributed by atoms with E-state index in [0.717, 1.165) is 6.07 Å². The topological polar surface area (TPSA) is 101 Å². The van der Waals surface area contributed by atoms with Crippen molar-refractivity contribution in [2.24, 2.45) is 10.7 Å². The van der Waals surface area contributed by atoms with E-state index in [2.05, 4.69) is 9.98 Å². The summed E-state index contributed by atoms with van der Waals surface area (Å²) in [5.74, 6) is -1.11. The Balaban J connectivity index is 1.92. The van der Waals surface area contributed by atoms with E-state index in [1.807, 2.05) is 6.07 Å². The number of carbonyl (C=O) groups is 1. The molecule has 6 nitrogen and oxygen atoms in total. The van der Waals surface area contributed by atoms with Gasteiger partial charge in [-0.25, -0.2) is 18.2 Å². The Morgan fingerprint density at radius 3 is 2.76 bits per heavy atom. The molecule has 0 unspecified atom stereocenters. The number of pyridine rings is 1. The van der Waals surface area contributed by atoms with Crippen molar-refractivity contribution in [1.82, 2.24) is 4.98 Å². The van der Waals surface area contributed by atoms with Crippen molar-refractivity contribution >= 4 is 11.8 Å². The van der Waals surface area contributed by atoms with Gasteiger partial charge in [0.05, 0.1) is 5.56 Å². The third-order valence-electron chi connectivity index (χ3n) is 4.65. The molecule has 2 heterocycles. The van der Waals surface area contributed by atoms with Crippen molar-refractivity contribution in [3.63, 3.8) is 0 Å². The number of ether oxygens (including phenoxy) is 1. The van der Waals surface area contributed by atoms with Gasteiger partial charge in [0.1, 0.15) is 42.6 Å². The van der Waals surface area contributed by atoms with E-state index in [0.29, 0.717) is 11.1 Å². The van der Waals surface area contributed by atoms with Crippen LogP contribution in [0.5, 0.6) is 0 Å². The Morgan fingerprint density at radius 1 is 1.34 bits per heavy atom. The van der Waals surface area contributed by atoms with E-state index in [9.17, 15) is 18.0 Å². The highest BCUT2D eigenvalue weighted by molar-refractivity contribution is 5.95. The van der Waals surface area contributed by atoms with E-state index in [4.69, 9.17) is 15.7 Å². The average molecular weight is 402 g/mol. The lowest BCUT2D eigenvalue weighted by molar-refractivity contribution is 0.0781. The van der Waals surface area contributed by atoms with E-state index in [1.54, 1.807) is 0 Å². The summed E-state index contributed by atoms with van der Waals surface area (Å²) in [5, 5.41) is 8.79. The van der Waals surface area contributed by atoms with Crippen molar-refractivity contribution in [3.8, 4) is 6.07 Å². The SMILES string of the molecule is N#Cc1ccc(C(=O)Cc2ccc(F)c([C@]3(CF)C[C@H](CF)OC(N)=N3)c2)nc1. The molecule has 0 aliphatic carbocycles. The quantitative estimate of drug-likeness (QED) is 0.749. The first-order chi connectivity index (χ1) is 13.9. The van der Waals surface area contributed by atoms with Gasteiger partial charge in [-0.1, -0.05) is 6.07 Å². The lowest BCUT2D eigenvalue weighted by Gasteiger charge is -2.35. The second-order valence-electron chi connectivity index (χ2n) is 6.67. The number of alkyl halides is 2. The number of nitriles is 1. The monoisotopic (exact) mass is 402 g/mol. The van der Waals surface area contributed by atoms with Gasteiger partial charge in [-0.15, -0.1) is 0 Å². The van der Waals surface area contributed by atoms with Gasteiger partial charge in [0.15, 0.2) is 5.78 Å². The summed E-state index contributed by atoms with van der Waals surface area (Å²) < 4.78 is 46.7. The van der Waals surface area contributed by atoms with Crippen molar-refractivity contribution in [1.29, 1.82) is 5.26 Å². The highest BCUT2D eigenvalue weighted by atomic mass is 19.1. The molecule has 1 aromatic carbocycles. The molecule has 2 aromatic rings. The molecule has 0 radical (unpaired) electrons. The zero-order chi connectivity index (χ0) is 21.0. The van der Waals surface area contributed by atoms with Crippen LogP contribution in [0.25, 0.3) is 0 Å². The van der Waals surface area contributed by atoms with E-state index < -0.39 is 36.8 Å². The summed E-state index contributed by atoms with van der Waals surface area (Å²) in [6.07, 6.45) is -0.128. The summed E-state index contributed by atoms with van der Waals surface area (Å²) in [6.45, 7) is -2.04. The minimum Gasteiger partial charge on any atom is -0.459 e. The molecule has 29 heavy (non-hydrogen) atoms. The van der Waals surface area contributed by atoms with Gasteiger partial charge >= 0.3 is 0 Å². The van der Waals surface area contributed by atoms with Gasteiger partial charge < -0.3 is 10.5 Å². The fourth-order valence-electron chi connectivity index (χ4n) is 3.22. The van der Waals surface area contributed by atoms with Gasteiger partial charge in [-0.2, -0.15) is 5.26 Å². The Bertz CT molecular complexity index is 988. The summed E-state index contributed by atoms with van der Waals surface area (Å²) in [7, 11) is 0. The van der Waals surface area contributed by atoms with E-state index in [1.165, 1.54) is 30.5 Å². The largest absolute Gasteiger partial charge is 0.459 e. The van der Waals surface area contributed by atoms with Gasteiger partial charge in [0.2, 0.25) is 0 Å². The van der Waals surface area contributed by atoms with Crippen LogP contribution in [0.4, 0.5) is 13.2 Å². The standard InChI is InChI=1S/C20H17F3N4O2/c21-8-14-7-20(11-22,27-19(25)29-14)15-5-12(1-3-16(15)23)6-18(28)17-4-2-13(9-24)10-26-17/h1-5,10,14H,6-8,11H2,(H2,25,27)/t14-,20-/m1/s1. The molecule has 0 bridgehead atoms. The zero-order valence-corrected chi connectivity index (χ0v) is 15.2. The van der Waals surface area contributed by atoms with Crippen LogP contribution in [-0.4, -0.2) is 36.2 Å². The van der Waals surface area contributed by atoms with Crippen LogP contribution < -0.4 is 5.73 Å². The fourth-order valence-corrected chi connectivity index (χ4v) is 3.22. The van der Waals surface area contributed by atoms with Crippen molar-refractivity contribution in [2.45, 2.75) is 24.5 Å². The van der Waals surface area contributed by atoms with Gasteiger partial charge in [0.25, 0.3) is 6.02 Å². The highest BCUT2D eigenvalue weighted by Gasteiger charge is 2.42. The fraction of sp³-hybridized carbons (Fsp3) is 0.300. The number of halogens is 3. The van der Waals surface area contributed by atoms with Crippen molar-refractivity contribution in [3.05, 3.63) is 64.7 Å². The minimum absolute atomic E-state index is 0.122.